The van der Waals surface area contributed by atoms with Gasteiger partial charge in [0, 0.05) is 19.0 Å². The number of carboxylic acids is 1. The van der Waals surface area contributed by atoms with E-state index in [1.54, 1.807) is 9.80 Å². The number of hydrogen-bond acceptors (Lipinski definition) is 4. The number of hydrogen-bond donors (Lipinski definition) is 1. The maximum absolute atomic E-state index is 12.3. The normalized spacial score (nSPS) is 23.2. The van der Waals surface area contributed by atoms with Gasteiger partial charge in [0.2, 0.25) is 11.8 Å². The first kappa shape index (κ1) is 15.2. The molecule has 1 N–H and O–H groups in total. The van der Waals surface area contributed by atoms with Crippen molar-refractivity contribution in [1.82, 2.24) is 9.80 Å². The molecule has 2 rings (SSSR count). The molecule has 0 unspecified atom stereocenters. The fourth-order valence-electron chi connectivity index (χ4n) is 2.71. The van der Waals surface area contributed by atoms with E-state index >= 15 is 0 Å². The number of carbonyl (C=O) groups is 3. The number of nitrogens with zero attached hydrogens (tertiary/aromatic N) is 2. The standard InChI is InChI=1S/C13H20N2O4S/c16-11(7-14-9-20-8-12(14)17)15-6-2-1-3-10(15)4-5-13(18)19/h10H,1-9H2,(H,18,19)/t10-/m0/s1. The van der Waals surface area contributed by atoms with E-state index in [1.807, 2.05) is 0 Å². The van der Waals surface area contributed by atoms with Crippen molar-refractivity contribution in [2.45, 2.75) is 38.1 Å². The summed E-state index contributed by atoms with van der Waals surface area (Å²) in [4.78, 5) is 37.9. The fourth-order valence-corrected chi connectivity index (χ4v) is 3.62. The van der Waals surface area contributed by atoms with Crippen LogP contribution in [0.1, 0.15) is 32.1 Å². The lowest BCUT2D eigenvalue weighted by Crippen LogP contribution is -2.48. The first-order valence-electron chi connectivity index (χ1n) is 6.94. The van der Waals surface area contributed by atoms with E-state index in [0.717, 1.165) is 19.3 Å². The van der Waals surface area contributed by atoms with E-state index in [1.165, 1.54) is 11.8 Å². The molecule has 2 saturated heterocycles. The smallest absolute Gasteiger partial charge is 0.303 e. The zero-order chi connectivity index (χ0) is 14.5. The second-order valence-corrected chi connectivity index (χ2v) is 6.19. The van der Waals surface area contributed by atoms with Crippen molar-refractivity contribution in [1.29, 1.82) is 0 Å². The largest absolute Gasteiger partial charge is 0.481 e. The van der Waals surface area contributed by atoms with Gasteiger partial charge in [0.15, 0.2) is 0 Å². The van der Waals surface area contributed by atoms with Crippen molar-refractivity contribution in [3.8, 4) is 0 Å². The van der Waals surface area contributed by atoms with Crippen molar-refractivity contribution in [2.75, 3.05) is 24.7 Å². The zero-order valence-corrected chi connectivity index (χ0v) is 12.2. The Morgan fingerprint density at radius 1 is 1.35 bits per heavy atom. The van der Waals surface area contributed by atoms with E-state index in [-0.39, 0.29) is 30.8 Å². The van der Waals surface area contributed by atoms with Gasteiger partial charge >= 0.3 is 5.97 Å². The molecular formula is C13H20N2O4S. The number of likely N-dealkylation sites (tertiary alicyclic amines) is 1. The Morgan fingerprint density at radius 3 is 2.80 bits per heavy atom. The summed E-state index contributed by atoms with van der Waals surface area (Å²) in [6.45, 7) is 0.813. The molecule has 0 saturated carbocycles. The van der Waals surface area contributed by atoms with E-state index in [2.05, 4.69) is 0 Å². The second-order valence-electron chi connectivity index (χ2n) is 5.24. The maximum Gasteiger partial charge on any atom is 0.303 e. The second kappa shape index (κ2) is 6.97. The monoisotopic (exact) mass is 300 g/mol. The summed E-state index contributed by atoms with van der Waals surface area (Å²) in [5.41, 5.74) is 0. The van der Waals surface area contributed by atoms with Crippen LogP contribution >= 0.6 is 11.8 Å². The summed E-state index contributed by atoms with van der Waals surface area (Å²) in [5, 5.41) is 8.77. The summed E-state index contributed by atoms with van der Waals surface area (Å²) in [5.74, 6) is 0.181. The first-order valence-corrected chi connectivity index (χ1v) is 8.10. The first-order chi connectivity index (χ1) is 9.58. The molecule has 0 spiro atoms. The molecule has 2 amide bonds. The van der Waals surface area contributed by atoms with Crippen LogP contribution in [0.2, 0.25) is 0 Å². The molecular weight excluding hydrogens is 280 g/mol. The predicted octanol–water partition coefficient (Wildman–Crippen LogP) is 0.765. The van der Waals surface area contributed by atoms with Gasteiger partial charge < -0.3 is 14.9 Å². The van der Waals surface area contributed by atoms with Gasteiger partial charge in [-0.25, -0.2) is 0 Å². The molecule has 6 nitrogen and oxygen atoms in total. The SMILES string of the molecule is O=C(O)CC[C@@H]1CCCCN1C(=O)CN1CSCC1=O. The third kappa shape index (κ3) is 3.88. The average Bonchev–Trinajstić information content (AvgIpc) is 2.82. The number of amides is 2. The number of aliphatic carboxylic acids is 1. The number of carboxylic acid groups (broad SMARTS) is 1. The average molecular weight is 300 g/mol. The minimum absolute atomic E-state index is 0.0118. The maximum atomic E-state index is 12.3. The quantitative estimate of drug-likeness (QED) is 0.811. The Kier molecular flexibility index (Phi) is 5.28. The number of piperidine rings is 1. The predicted molar refractivity (Wildman–Crippen MR) is 75.3 cm³/mol. The topological polar surface area (TPSA) is 77.9 Å². The van der Waals surface area contributed by atoms with Crippen LogP contribution < -0.4 is 0 Å². The number of carbonyl (C=O) groups excluding carboxylic acids is 2. The van der Waals surface area contributed by atoms with Crippen LogP contribution in [0.15, 0.2) is 0 Å². The molecule has 112 valence electrons. The van der Waals surface area contributed by atoms with Crippen molar-refractivity contribution in [2.24, 2.45) is 0 Å². The van der Waals surface area contributed by atoms with Crippen LogP contribution in [-0.2, 0) is 14.4 Å². The van der Waals surface area contributed by atoms with Gasteiger partial charge in [0.25, 0.3) is 0 Å². The zero-order valence-electron chi connectivity index (χ0n) is 11.4. The summed E-state index contributed by atoms with van der Waals surface area (Å²) in [6, 6.07) is 0.0118. The number of rotatable bonds is 5. The molecule has 20 heavy (non-hydrogen) atoms. The summed E-state index contributed by atoms with van der Waals surface area (Å²) in [7, 11) is 0. The molecule has 0 bridgehead atoms. The molecule has 0 aromatic heterocycles. The van der Waals surface area contributed by atoms with Crippen LogP contribution in [0, 0.1) is 0 Å². The van der Waals surface area contributed by atoms with Gasteiger partial charge in [0.05, 0.1) is 11.6 Å². The lowest BCUT2D eigenvalue weighted by molar-refractivity contribution is -0.142. The Morgan fingerprint density at radius 2 is 2.15 bits per heavy atom. The Hall–Kier alpha value is -1.24. The van der Waals surface area contributed by atoms with E-state index in [0.29, 0.717) is 24.6 Å². The minimum Gasteiger partial charge on any atom is -0.481 e. The molecule has 0 aromatic carbocycles. The lowest BCUT2D eigenvalue weighted by atomic mass is 9.98. The van der Waals surface area contributed by atoms with Crippen LogP contribution in [0.25, 0.3) is 0 Å². The highest BCUT2D eigenvalue weighted by atomic mass is 32.2. The van der Waals surface area contributed by atoms with Crippen LogP contribution in [-0.4, -0.2) is 63.5 Å². The molecule has 0 aliphatic carbocycles. The summed E-state index contributed by atoms with van der Waals surface area (Å²) < 4.78 is 0. The van der Waals surface area contributed by atoms with Crippen molar-refractivity contribution in [3.05, 3.63) is 0 Å². The molecule has 0 aromatic rings. The molecule has 2 aliphatic heterocycles. The van der Waals surface area contributed by atoms with Gasteiger partial charge in [-0.15, -0.1) is 11.8 Å². The van der Waals surface area contributed by atoms with Gasteiger partial charge in [-0.3, -0.25) is 14.4 Å². The van der Waals surface area contributed by atoms with Gasteiger partial charge in [0.1, 0.15) is 6.54 Å². The minimum atomic E-state index is -0.825. The van der Waals surface area contributed by atoms with E-state index in [4.69, 9.17) is 5.11 Å². The molecule has 0 radical (unpaired) electrons. The van der Waals surface area contributed by atoms with Crippen molar-refractivity contribution in [3.63, 3.8) is 0 Å². The van der Waals surface area contributed by atoms with Gasteiger partial charge in [-0.05, 0) is 25.7 Å². The highest BCUT2D eigenvalue weighted by Crippen LogP contribution is 2.22. The molecule has 1 atom stereocenters. The highest BCUT2D eigenvalue weighted by Gasteiger charge is 2.30. The Labute approximate surface area is 122 Å². The van der Waals surface area contributed by atoms with Crippen LogP contribution in [0.3, 0.4) is 0 Å². The lowest BCUT2D eigenvalue weighted by Gasteiger charge is -2.36. The third-order valence-corrected chi connectivity index (χ3v) is 4.74. The summed E-state index contributed by atoms with van der Waals surface area (Å²) >= 11 is 1.52. The molecule has 7 heteroatoms. The third-order valence-electron chi connectivity index (χ3n) is 3.79. The van der Waals surface area contributed by atoms with E-state index in [9.17, 15) is 14.4 Å². The van der Waals surface area contributed by atoms with E-state index < -0.39 is 5.97 Å². The Balaban J connectivity index is 1.90. The fraction of sp³-hybridized carbons (Fsp3) is 0.769. The van der Waals surface area contributed by atoms with Crippen molar-refractivity contribution < 1.29 is 19.5 Å². The van der Waals surface area contributed by atoms with Crippen molar-refractivity contribution >= 4 is 29.5 Å². The molecule has 2 aliphatic rings. The highest BCUT2D eigenvalue weighted by molar-refractivity contribution is 8.00. The summed E-state index contributed by atoms with van der Waals surface area (Å²) in [6.07, 6.45) is 3.45. The van der Waals surface area contributed by atoms with Gasteiger partial charge in [-0.2, -0.15) is 0 Å². The van der Waals surface area contributed by atoms with Crippen LogP contribution in [0.5, 0.6) is 0 Å². The Bertz CT molecular complexity index is 402. The van der Waals surface area contributed by atoms with Gasteiger partial charge in [-0.1, -0.05) is 0 Å². The molecule has 2 fully saturated rings. The van der Waals surface area contributed by atoms with Crippen LogP contribution in [0.4, 0.5) is 0 Å². The molecule has 2 heterocycles. The number of thioether (sulfide) groups is 1.